The Kier molecular flexibility index (Phi) is 5.74. The normalized spacial score (nSPS) is 21.2. The van der Waals surface area contributed by atoms with E-state index in [-0.39, 0.29) is 23.9 Å². The van der Waals surface area contributed by atoms with E-state index in [1.165, 1.54) is 13.2 Å². The molecule has 1 heterocycles. The van der Waals surface area contributed by atoms with Gasteiger partial charge in [0.1, 0.15) is 12.2 Å². The number of halogens is 1. The molecule has 1 amide bonds. The fraction of sp³-hybridized carbons (Fsp3) is 0.562. The Balaban J connectivity index is 1.90. The summed E-state index contributed by atoms with van der Waals surface area (Å²) in [5, 5.41) is 0. The van der Waals surface area contributed by atoms with Crippen LogP contribution >= 0.6 is 0 Å². The first-order valence-electron chi connectivity index (χ1n) is 7.24. The molecule has 1 aliphatic rings. The molecule has 0 N–H and O–H groups in total. The molecule has 0 unspecified atom stereocenters. The van der Waals surface area contributed by atoms with E-state index in [1.54, 1.807) is 31.3 Å². The molecule has 6 heteroatoms. The van der Waals surface area contributed by atoms with Crippen molar-refractivity contribution in [2.45, 2.75) is 25.0 Å². The molecule has 1 aliphatic heterocycles. The summed E-state index contributed by atoms with van der Waals surface area (Å²) in [5.74, 6) is -0.155. The molecular formula is C16H22FNO4. The van der Waals surface area contributed by atoms with Gasteiger partial charge in [0.05, 0.1) is 7.11 Å². The minimum absolute atomic E-state index is 0.0462. The van der Waals surface area contributed by atoms with E-state index in [2.05, 4.69) is 0 Å². The monoisotopic (exact) mass is 311 g/mol. The predicted octanol–water partition coefficient (Wildman–Crippen LogP) is 1.64. The molecule has 2 atom stereocenters. The molecule has 1 aromatic rings. The smallest absolute Gasteiger partial charge is 0.223 e. The first-order valence-corrected chi connectivity index (χ1v) is 7.24. The standard InChI is InChI=1S/C16H22FNO4/c1-20-13-8-11(4-6-12(13)17)5-7-16(19)18-9-14(21-2)15(10-18)22-3/h4,6,8,14-15H,5,7,9-10H2,1-3H3/t14-,15+. The summed E-state index contributed by atoms with van der Waals surface area (Å²) in [7, 11) is 4.66. The SMILES string of the molecule is COc1cc(CCC(=O)N2C[C@H](OC)[C@H](OC)C2)ccc1F. The van der Waals surface area contributed by atoms with Crippen LogP contribution in [0.4, 0.5) is 4.39 Å². The van der Waals surface area contributed by atoms with Crippen molar-refractivity contribution in [2.24, 2.45) is 0 Å². The Morgan fingerprint density at radius 1 is 1.23 bits per heavy atom. The Bertz CT molecular complexity index is 511. The third-order valence-electron chi connectivity index (χ3n) is 4.02. The number of likely N-dealkylation sites (tertiary alicyclic amines) is 1. The second-order valence-corrected chi connectivity index (χ2v) is 5.32. The molecule has 0 aromatic heterocycles. The molecular weight excluding hydrogens is 289 g/mol. The van der Waals surface area contributed by atoms with Crippen molar-refractivity contribution in [3.05, 3.63) is 29.6 Å². The molecule has 0 radical (unpaired) electrons. The lowest BCUT2D eigenvalue weighted by molar-refractivity contribution is -0.130. The van der Waals surface area contributed by atoms with Crippen molar-refractivity contribution in [3.63, 3.8) is 0 Å². The van der Waals surface area contributed by atoms with Gasteiger partial charge >= 0.3 is 0 Å². The zero-order valence-corrected chi connectivity index (χ0v) is 13.2. The van der Waals surface area contributed by atoms with Gasteiger partial charge in [-0.2, -0.15) is 0 Å². The number of ether oxygens (including phenoxy) is 3. The highest BCUT2D eigenvalue weighted by Gasteiger charge is 2.35. The maximum absolute atomic E-state index is 13.4. The van der Waals surface area contributed by atoms with E-state index < -0.39 is 5.82 Å². The van der Waals surface area contributed by atoms with Gasteiger partial charge in [-0.3, -0.25) is 4.79 Å². The second kappa shape index (κ2) is 7.56. The molecule has 2 rings (SSSR count). The largest absolute Gasteiger partial charge is 0.494 e. The quantitative estimate of drug-likeness (QED) is 0.801. The van der Waals surface area contributed by atoms with Crippen molar-refractivity contribution in [1.82, 2.24) is 4.90 Å². The molecule has 122 valence electrons. The fourth-order valence-electron chi connectivity index (χ4n) is 2.67. The number of carbonyl (C=O) groups excluding carboxylic acids is 1. The van der Waals surface area contributed by atoms with Gasteiger partial charge in [-0.15, -0.1) is 0 Å². The lowest BCUT2D eigenvalue weighted by atomic mass is 10.1. The average molecular weight is 311 g/mol. The van der Waals surface area contributed by atoms with Crippen LogP contribution in [0.5, 0.6) is 5.75 Å². The number of methoxy groups -OCH3 is 3. The van der Waals surface area contributed by atoms with E-state index in [1.807, 2.05) is 0 Å². The summed E-state index contributed by atoms with van der Waals surface area (Å²) in [4.78, 5) is 14.0. The second-order valence-electron chi connectivity index (χ2n) is 5.32. The number of hydrogen-bond acceptors (Lipinski definition) is 4. The summed E-state index contributed by atoms with van der Waals surface area (Å²) < 4.78 is 28.9. The Morgan fingerprint density at radius 2 is 1.86 bits per heavy atom. The van der Waals surface area contributed by atoms with E-state index >= 15 is 0 Å². The minimum Gasteiger partial charge on any atom is -0.494 e. The van der Waals surface area contributed by atoms with Crippen LogP contribution in [-0.4, -0.2) is 57.4 Å². The van der Waals surface area contributed by atoms with Gasteiger partial charge in [0.25, 0.3) is 0 Å². The molecule has 5 nitrogen and oxygen atoms in total. The molecule has 1 saturated heterocycles. The number of carbonyl (C=O) groups is 1. The number of nitrogens with zero attached hydrogens (tertiary/aromatic N) is 1. The van der Waals surface area contributed by atoms with Crippen molar-refractivity contribution >= 4 is 5.91 Å². The Morgan fingerprint density at radius 3 is 2.41 bits per heavy atom. The first kappa shape index (κ1) is 16.7. The number of hydrogen-bond donors (Lipinski definition) is 0. The zero-order valence-electron chi connectivity index (χ0n) is 13.2. The van der Waals surface area contributed by atoms with Crippen molar-refractivity contribution < 1.29 is 23.4 Å². The topological polar surface area (TPSA) is 48.0 Å². The third kappa shape index (κ3) is 3.75. The molecule has 1 fully saturated rings. The molecule has 0 aliphatic carbocycles. The third-order valence-corrected chi connectivity index (χ3v) is 4.02. The zero-order chi connectivity index (χ0) is 16.1. The van der Waals surface area contributed by atoms with Crippen molar-refractivity contribution in [3.8, 4) is 5.75 Å². The summed E-state index contributed by atoms with van der Waals surface area (Å²) in [6, 6.07) is 4.66. The van der Waals surface area contributed by atoms with Crippen molar-refractivity contribution in [1.29, 1.82) is 0 Å². The molecule has 0 bridgehead atoms. The highest BCUT2D eigenvalue weighted by Crippen LogP contribution is 2.20. The van der Waals surface area contributed by atoms with Crippen molar-refractivity contribution in [2.75, 3.05) is 34.4 Å². The van der Waals surface area contributed by atoms with Crippen LogP contribution < -0.4 is 4.74 Å². The minimum atomic E-state index is -0.400. The average Bonchev–Trinajstić information content (AvgIpc) is 2.97. The summed E-state index contributed by atoms with van der Waals surface area (Å²) in [6.07, 6.45) is 0.739. The summed E-state index contributed by atoms with van der Waals surface area (Å²) in [6.45, 7) is 1.08. The molecule has 0 saturated carbocycles. The van der Waals surface area contributed by atoms with E-state index in [4.69, 9.17) is 14.2 Å². The molecule has 22 heavy (non-hydrogen) atoms. The van der Waals surface area contributed by atoms with Crippen LogP contribution in [0.25, 0.3) is 0 Å². The molecule has 1 aromatic carbocycles. The lowest BCUT2D eigenvalue weighted by Crippen LogP contribution is -2.30. The van der Waals surface area contributed by atoms with Gasteiger partial charge in [-0.05, 0) is 24.1 Å². The highest BCUT2D eigenvalue weighted by molar-refractivity contribution is 5.77. The van der Waals surface area contributed by atoms with Crippen LogP contribution in [0, 0.1) is 5.82 Å². The van der Waals surface area contributed by atoms with Crippen LogP contribution in [0.1, 0.15) is 12.0 Å². The highest BCUT2D eigenvalue weighted by atomic mass is 19.1. The van der Waals surface area contributed by atoms with Gasteiger partial charge in [0.2, 0.25) is 5.91 Å². The van der Waals surface area contributed by atoms with E-state index in [0.717, 1.165) is 5.56 Å². The van der Waals surface area contributed by atoms with Gasteiger partial charge in [-0.25, -0.2) is 4.39 Å². The van der Waals surface area contributed by atoms with E-state index in [0.29, 0.717) is 25.9 Å². The number of rotatable bonds is 6. The number of amides is 1. The Hall–Kier alpha value is -1.66. The van der Waals surface area contributed by atoms with Gasteiger partial charge in [-0.1, -0.05) is 6.07 Å². The maximum Gasteiger partial charge on any atom is 0.223 e. The van der Waals surface area contributed by atoms with Gasteiger partial charge in [0, 0.05) is 33.7 Å². The van der Waals surface area contributed by atoms with Crippen LogP contribution in [0.15, 0.2) is 18.2 Å². The molecule has 0 spiro atoms. The predicted molar refractivity (Wildman–Crippen MR) is 79.4 cm³/mol. The van der Waals surface area contributed by atoms with Crippen LogP contribution in [-0.2, 0) is 20.7 Å². The van der Waals surface area contributed by atoms with Gasteiger partial charge < -0.3 is 19.1 Å². The van der Waals surface area contributed by atoms with Crippen LogP contribution in [0.3, 0.4) is 0 Å². The fourth-order valence-corrected chi connectivity index (χ4v) is 2.67. The maximum atomic E-state index is 13.4. The number of aryl methyl sites for hydroxylation is 1. The van der Waals surface area contributed by atoms with Gasteiger partial charge in [0.15, 0.2) is 11.6 Å². The first-order chi connectivity index (χ1) is 10.6. The Labute approximate surface area is 130 Å². The number of benzene rings is 1. The van der Waals surface area contributed by atoms with Crippen LogP contribution in [0.2, 0.25) is 0 Å². The summed E-state index contributed by atoms with van der Waals surface area (Å²) in [5.41, 5.74) is 0.873. The lowest BCUT2D eigenvalue weighted by Gasteiger charge is -2.15. The van der Waals surface area contributed by atoms with E-state index in [9.17, 15) is 9.18 Å². The summed E-state index contributed by atoms with van der Waals surface area (Å²) >= 11 is 0.